The lowest BCUT2D eigenvalue weighted by atomic mass is 9.91. The Balaban J connectivity index is 1.85. The summed E-state index contributed by atoms with van der Waals surface area (Å²) in [6, 6.07) is 5.42. The first kappa shape index (κ1) is 16.9. The van der Waals surface area contributed by atoms with Gasteiger partial charge in [0.25, 0.3) is 11.8 Å². The molecule has 3 N–H and O–H groups in total. The summed E-state index contributed by atoms with van der Waals surface area (Å²) in [4.78, 5) is 48.0. The van der Waals surface area contributed by atoms with Crippen LogP contribution in [0.1, 0.15) is 29.3 Å². The summed E-state index contributed by atoms with van der Waals surface area (Å²) >= 11 is 0. The maximum Gasteiger partial charge on any atom is 0.343 e. The second kappa shape index (κ2) is 5.54. The fourth-order valence-corrected chi connectivity index (χ4v) is 3.01. The zero-order valence-corrected chi connectivity index (χ0v) is 13.3. The van der Waals surface area contributed by atoms with Gasteiger partial charge in [-0.2, -0.15) is 0 Å². The van der Waals surface area contributed by atoms with E-state index in [1.165, 1.54) is 19.1 Å². The largest absolute Gasteiger partial charge is 0.479 e. The Labute approximate surface area is 142 Å². The van der Waals surface area contributed by atoms with Crippen LogP contribution >= 0.6 is 0 Å². The van der Waals surface area contributed by atoms with Crippen molar-refractivity contribution in [3.05, 3.63) is 35.4 Å². The minimum Gasteiger partial charge on any atom is -0.479 e. The molecule has 0 bridgehead atoms. The van der Waals surface area contributed by atoms with Crippen LogP contribution in [0.3, 0.4) is 0 Å². The zero-order valence-electron chi connectivity index (χ0n) is 13.3. The summed E-state index contributed by atoms with van der Waals surface area (Å²) in [6.45, 7) is 0.962. The molecule has 2 fully saturated rings. The van der Waals surface area contributed by atoms with Crippen molar-refractivity contribution in [2.45, 2.75) is 24.6 Å². The van der Waals surface area contributed by atoms with Crippen LogP contribution in [-0.4, -0.2) is 52.6 Å². The van der Waals surface area contributed by atoms with Gasteiger partial charge in [-0.25, -0.2) is 14.0 Å². The number of carboxylic acid groups (broad SMARTS) is 1. The standard InChI is InChI=1S/C16H16FN3O5/c1-15(12(22)18-14(25)19-15)10-4-2-3-9(7-10)11(21)20-6-5-16(17,8-20)13(23)24/h2-4,7H,5-6,8H2,1H3,(H,23,24)(H2,18,19,22,25). The molecule has 1 aromatic rings. The molecule has 2 unspecified atom stereocenters. The minimum atomic E-state index is -2.45. The van der Waals surface area contributed by atoms with Crippen LogP contribution in [-0.2, 0) is 15.1 Å². The Morgan fingerprint density at radius 3 is 2.60 bits per heavy atom. The molecule has 0 saturated carbocycles. The number of halogens is 1. The van der Waals surface area contributed by atoms with Crippen LogP contribution in [0.5, 0.6) is 0 Å². The summed E-state index contributed by atoms with van der Waals surface area (Å²) in [6.07, 6.45) is -0.274. The number of aliphatic carboxylic acids is 1. The lowest BCUT2D eigenvalue weighted by Gasteiger charge is -2.23. The Kier molecular flexibility index (Phi) is 3.74. The quantitative estimate of drug-likeness (QED) is 0.682. The molecule has 8 nitrogen and oxygen atoms in total. The van der Waals surface area contributed by atoms with E-state index in [0.29, 0.717) is 5.56 Å². The van der Waals surface area contributed by atoms with Crippen LogP contribution in [0.25, 0.3) is 0 Å². The minimum absolute atomic E-state index is 0.0135. The molecule has 25 heavy (non-hydrogen) atoms. The van der Waals surface area contributed by atoms with Gasteiger partial charge in [-0.15, -0.1) is 0 Å². The number of imide groups is 1. The molecule has 3 rings (SSSR count). The van der Waals surface area contributed by atoms with Crippen molar-refractivity contribution in [1.82, 2.24) is 15.5 Å². The van der Waals surface area contributed by atoms with Crippen molar-refractivity contribution in [3.8, 4) is 0 Å². The first-order valence-corrected chi connectivity index (χ1v) is 7.61. The van der Waals surface area contributed by atoms with Crippen LogP contribution in [0.15, 0.2) is 24.3 Å². The molecule has 2 aliphatic heterocycles. The molecule has 2 atom stereocenters. The van der Waals surface area contributed by atoms with Crippen molar-refractivity contribution in [1.29, 1.82) is 0 Å². The number of nitrogens with zero attached hydrogens (tertiary/aromatic N) is 1. The van der Waals surface area contributed by atoms with Crippen molar-refractivity contribution < 1.29 is 28.7 Å². The van der Waals surface area contributed by atoms with Gasteiger partial charge in [0.15, 0.2) is 0 Å². The number of hydrogen-bond acceptors (Lipinski definition) is 4. The highest BCUT2D eigenvalue weighted by Crippen LogP contribution is 2.29. The van der Waals surface area contributed by atoms with Crippen LogP contribution in [0.2, 0.25) is 0 Å². The first-order chi connectivity index (χ1) is 11.7. The Morgan fingerprint density at radius 2 is 2.04 bits per heavy atom. The van der Waals surface area contributed by atoms with Gasteiger partial charge >= 0.3 is 12.0 Å². The first-order valence-electron chi connectivity index (χ1n) is 7.61. The van der Waals surface area contributed by atoms with Gasteiger partial charge in [-0.05, 0) is 24.6 Å². The zero-order chi connectivity index (χ0) is 18.4. The summed E-state index contributed by atoms with van der Waals surface area (Å²) in [5.74, 6) is -2.66. The third-order valence-electron chi connectivity index (χ3n) is 4.62. The van der Waals surface area contributed by atoms with E-state index in [1.54, 1.807) is 12.1 Å². The van der Waals surface area contributed by atoms with E-state index in [1.807, 2.05) is 0 Å². The number of nitrogens with one attached hydrogen (secondary N) is 2. The number of carbonyl (C=O) groups is 4. The Bertz CT molecular complexity index is 798. The van der Waals surface area contributed by atoms with Gasteiger partial charge in [0, 0.05) is 18.5 Å². The molecule has 0 radical (unpaired) electrons. The van der Waals surface area contributed by atoms with E-state index in [0.717, 1.165) is 4.90 Å². The van der Waals surface area contributed by atoms with E-state index in [9.17, 15) is 23.6 Å². The third kappa shape index (κ3) is 2.71. The number of benzene rings is 1. The van der Waals surface area contributed by atoms with Gasteiger partial charge < -0.3 is 15.3 Å². The normalized spacial score (nSPS) is 28.6. The maximum absolute atomic E-state index is 14.1. The van der Waals surface area contributed by atoms with E-state index in [2.05, 4.69) is 10.6 Å². The van der Waals surface area contributed by atoms with Gasteiger partial charge in [-0.3, -0.25) is 14.9 Å². The van der Waals surface area contributed by atoms with Crippen molar-refractivity contribution in [2.75, 3.05) is 13.1 Å². The second-order valence-electron chi connectivity index (χ2n) is 6.36. The predicted octanol–water partition coefficient (Wildman–Crippen LogP) is 0.380. The van der Waals surface area contributed by atoms with Crippen molar-refractivity contribution in [2.24, 2.45) is 0 Å². The maximum atomic E-state index is 14.1. The van der Waals surface area contributed by atoms with Crippen LogP contribution in [0, 0.1) is 0 Å². The average Bonchev–Trinajstić information content (AvgIpc) is 3.09. The molecular formula is C16H16FN3O5. The highest BCUT2D eigenvalue weighted by atomic mass is 19.1. The number of hydrogen-bond donors (Lipinski definition) is 3. The van der Waals surface area contributed by atoms with Crippen molar-refractivity contribution >= 4 is 23.8 Å². The summed E-state index contributed by atoms with van der Waals surface area (Å²) in [5.41, 5.74) is -3.19. The average molecular weight is 349 g/mol. The summed E-state index contributed by atoms with van der Waals surface area (Å²) in [7, 11) is 0. The van der Waals surface area contributed by atoms with E-state index in [-0.39, 0.29) is 18.5 Å². The van der Waals surface area contributed by atoms with Crippen LogP contribution in [0.4, 0.5) is 9.18 Å². The molecule has 0 aromatic heterocycles. The number of carbonyl (C=O) groups excluding carboxylic acids is 3. The number of rotatable bonds is 3. The number of alkyl halides is 1. The Hall–Kier alpha value is -2.97. The monoisotopic (exact) mass is 349 g/mol. The van der Waals surface area contributed by atoms with Gasteiger partial charge in [0.05, 0.1) is 6.54 Å². The number of urea groups is 1. The van der Waals surface area contributed by atoms with Crippen LogP contribution < -0.4 is 10.6 Å². The van der Waals surface area contributed by atoms with E-state index < -0.39 is 41.6 Å². The highest BCUT2D eigenvalue weighted by Gasteiger charge is 2.47. The third-order valence-corrected chi connectivity index (χ3v) is 4.62. The molecular weight excluding hydrogens is 333 g/mol. The fraction of sp³-hybridized carbons (Fsp3) is 0.375. The van der Waals surface area contributed by atoms with Gasteiger partial charge in [0.1, 0.15) is 5.54 Å². The molecule has 4 amide bonds. The number of amides is 4. The summed E-state index contributed by atoms with van der Waals surface area (Å²) < 4.78 is 14.1. The molecule has 1 aromatic carbocycles. The topological polar surface area (TPSA) is 116 Å². The van der Waals surface area contributed by atoms with E-state index in [4.69, 9.17) is 5.11 Å². The lowest BCUT2D eigenvalue weighted by Crippen LogP contribution is -2.41. The molecule has 2 heterocycles. The lowest BCUT2D eigenvalue weighted by molar-refractivity contribution is -0.149. The SMILES string of the molecule is CC1(c2cccc(C(=O)N3CCC(F)(C(=O)O)C3)c2)NC(=O)NC1=O. The molecule has 0 spiro atoms. The molecule has 0 aliphatic carbocycles. The smallest absolute Gasteiger partial charge is 0.343 e. The van der Waals surface area contributed by atoms with E-state index >= 15 is 0 Å². The highest BCUT2D eigenvalue weighted by molar-refractivity contribution is 6.07. The second-order valence-corrected chi connectivity index (χ2v) is 6.36. The summed E-state index contributed by atoms with van der Waals surface area (Å²) in [5, 5.41) is 13.6. The molecule has 132 valence electrons. The molecule has 2 saturated heterocycles. The predicted molar refractivity (Wildman–Crippen MR) is 82.5 cm³/mol. The number of carboxylic acids is 1. The van der Waals surface area contributed by atoms with Crippen molar-refractivity contribution in [3.63, 3.8) is 0 Å². The Morgan fingerprint density at radius 1 is 1.32 bits per heavy atom. The number of likely N-dealkylation sites (tertiary alicyclic amines) is 1. The molecule has 9 heteroatoms. The van der Waals surface area contributed by atoms with Gasteiger partial charge in [0.2, 0.25) is 5.67 Å². The molecule has 2 aliphatic rings. The van der Waals surface area contributed by atoms with Gasteiger partial charge in [-0.1, -0.05) is 12.1 Å². The fourth-order valence-electron chi connectivity index (χ4n) is 3.01.